The Hall–Kier alpha value is -1.52. The third-order valence-electron chi connectivity index (χ3n) is 3.44. The van der Waals surface area contributed by atoms with E-state index in [1.54, 1.807) is 12.3 Å². The normalized spacial score (nSPS) is 12.3. The van der Waals surface area contributed by atoms with Crippen LogP contribution in [0.3, 0.4) is 0 Å². The lowest BCUT2D eigenvalue weighted by Gasteiger charge is -2.29. The molecular formula is C16H22FN3. The number of hydrogen-bond donors (Lipinski definition) is 1. The van der Waals surface area contributed by atoms with Crippen LogP contribution in [0.15, 0.2) is 30.5 Å². The molecule has 0 fully saturated rings. The molecule has 0 aliphatic heterocycles. The summed E-state index contributed by atoms with van der Waals surface area (Å²) in [6.07, 6.45) is 1.74. The first-order chi connectivity index (χ1) is 9.41. The summed E-state index contributed by atoms with van der Waals surface area (Å²) in [5.41, 5.74) is 7.59. The second-order valence-corrected chi connectivity index (χ2v) is 6.18. The summed E-state index contributed by atoms with van der Waals surface area (Å²) in [7, 11) is 2.02. The molecule has 0 spiro atoms. The molecule has 2 rings (SSSR count). The summed E-state index contributed by atoms with van der Waals surface area (Å²) in [4.78, 5) is 6.54. The summed E-state index contributed by atoms with van der Waals surface area (Å²) >= 11 is 0. The van der Waals surface area contributed by atoms with Gasteiger partial charge in [-0.3, -0.25) is 4.98 Å². The Balaban J connectivity index is 2.25. The van der Waals surface area contributed by atoms with Gasteiger partial charge in [-0.1, -0.05) is 19.9 Å². The Labute approximate surface area is 119 Å². The Morgan fingerprint density at radius 2 is 2.10 bits per heavy atom. The fourth-order valence-electron chi connectivity index (χ4n) is 2.49. The van der Waals surface area contributed by atoms with Gasteiger partial charge < -0.3 is 10.6 Å². The van der Waals surface area contributed by atoms with Crippen molar-refractivity contribution in [3.05, 3.63) is 41.8 Å². The Bertz CT molecular complexity index is 595. The fraction of sp³-hybridized carbons (Fsp3) is 0.438. The molecule has 1 aromatic carbocycles. The number of rotatable bonds is 5. The van der Waals surface area contributed by atoms with Crippen molar-refractivity contribution in [2.75, 3.05) is 20.1 Å². The highest BCUT2D eigenvalue weighted by atomic mass is 19.1. The number of nitrogens with two attached hydrogens (primary N) is 1. The van der Waals surface area contributed by atoms with Crippen LogP contribution in [0.5, 0.6) is 0 Å². The molecule has 4 heteroatoms. The van der Waals surface area contributed by atoms with E-state index >= 15 is 0 Å². The minimum absolute atomic E-state index is 0.0469. The van der Waals surface area contributed by atoms with E-state index in [9.17, 15) is 4.39 Å². The summed E-state index contributed by atoms with van der Waals surface area (Å²) in [6.45, 7) is 6.40. The molecule has 0 saturated carbocycles. The Morgan fingerprint density at radius 1 is 1.35 bits per heavy atom. The molecule has 1 heterocycles. The summed E-state index contributed by atoms with van der Waals surface area (Å²) in [5.74, 6) is -0.216. The van der Waals surface area contributed by atoms with Gasteiger partial charge in [0.2, 0.25) is 0 Å². The van der Waals surface area contributed by atoms with Gasteiger partial charge in [0.15, 0.2) is 0 Å². The maximum Gasteiger partial charge on any atom is 0.124 e. The SMILES string of the molecule is CN(Cc1cc(F)cc2cccnc12)CC(C)(C)CN. The third-order valence-corrected chi connectivity index (χ3v) is 3.44. The largest absolute Gasteiger partial charge is 0.330 e. The zero-order valence-electron chi connectivity index (χ0n) is 12.4. The van der Waals surface area contributed by atoms with Gasteiger partial charge in [-0.2, -0.15) is 0 Å². The van der Waals surface area contributed by atoms with E-state index in [4.69, 9.17) is 5.73 Å². The maximum atomic E-state index is 13.7. The zero-order chi connectivity index (χ0) is 14.8. The molecule has 0 atom stereocenters. The van der Waals surface area contributed by atoms with Crippen LogP contribution in [0.1, 0.15) is 19.4 Å². The van der Waals surface area contributed by atoms with Gasteiger partial charge in [-0.25, -0.2) is 4.39 Å². The smallest absolute Gasteiger partial charge is 0.124 e. The minimum atomic E-state index is -0.216. The third kappa shape index (κ3) is 3.52. The van der Waals surface area contributed by atoms with Crippen LogP contribution in [-0.2, 0) is 6.54 Å². The summed E-state index contributed by atoms with van der Waals surface area (Å²) in [6, 6.07) is 6.81. The molecular weight excluding hydrogens is 253 g/mol. The number of hydrogen-bond acceptors (Lipinski definition) is 3. The van der Waals surface area contributed by atoms with Crippen molar-refractivity contribution in [3.8, 4) is 0 Å². The van der Waals surface area contributed by atoms with Crippen LogP contribution in [-0.4, -0.2) is 30.0 Å². The van der Waals surface area contributed by atoms with Crippen LogP contribution in [0.2, 0.25) is 0 Å². The molecule has 0 radical (unpaired) electrons. The minimum Gasteiger partial charge on any atom is -0.330 e. The fourth-order valence-corrected chi connectivity index (χ4v) is 2.49. The summed E-state index contributed by atoms with van der Waals surface area (Å²) in [5, 5.41) is 0.842. The average molecular weight is 275 g/mol. The number of halogens is 1. The lowest BCUT2D eigenvalue weighted by Crippen LogP contribution is -2.36. The van der Waals surface area contributed by atoms with Crippen molar-refractivity contribution in [1.29, 1.82) is 0 Å². The highest BCUT2D eigenvalue weighted by molar-refractivity contribution is 5.81. The van der Waals surface area contributed by atoms with E-state index in [2.05, 4.69) is 23.7 Å². The first kappa shape index (κ1) is 14.9. The van der Waals surface area contributed by atoms with E-state index in [1.165, 1.54) is 6.07 Å². The standard InChI is InChI=1S/C16H22FN3/c1-16(2,10-18)11-20(3)9-13-8-14(17)7-12-5-4-6-19-15(12)13/h4-8H,9-11,18H2,1-3H3. The second-order valence-electron chi connectivity index (χ2n) is 6.18. The van der Waals surface area contributed by atoms with E-state index in [-0.39, 0.29) is 11.2 Å². The first-order valence-electron chi connectivity index (χ1n) is 6.83. The van der Waals surface area contributed by atoms with Gasteiger partial charge in [-0.15, -0.1) is 0 Å². The number of fused-ring (bicyclic) bond motifs is 1. The molecule has 0 unspecified atom stereocenters. The number of aromatic nitrogens is 1. The second kappa shape index (κ2) is 5.85. The molecule has 2 N–H and O–H groups in total. The van der Waals surface area contributed by atoms with Crippen LogP contribution in [0.4, 0.5) is 4.39 Å². The van der Waals surface area contributed by atoms with Gasteiger partial charge in [-0.05, 0) is 42.8 Å². The molecule has 2 aromatic rings. The van der Waals surface area contributed by atoms with Gasteiger partial charge in [0.05, 0.1) is 5.52 Å². The topological polar surface area (TPSA) is 42.2 Å². The molecule has 20 heavy (non-hydrogen) atoms. The predicted molar refractivity (Wildman–Crippen MR) is 80.9 cm³/mol. The van der Waals surface area contributed by atoms with Crippen LogP contribution < -0.4 is 5.73 Å². The zero-order valence-corrected chi connectivity index (χ0v) is 12.4. The van der Waals surface area contributed by atoms with Crippen molar-refractivity contribution in [3.63, 3.8) is 0 Å². The maximum absolute atomic E-state index is 13.7. The Morgan fingerprint density at radius 3 is 2.80 bits per heavy atom. The van der Waals surface area contributed by atoms with E-state index in [0.29, 0.717) is 13.1 Å². The molecule has 0 aliphatic rings. The summed E-state index contributed by atoms with van der Waals surface area (Å²) < 4.78 is 13.7. The predicted octanol–water partition coefficient (Wildman–Crippen LogP) is 2.79. The van der Waals surface area contributed by atoms with E-state index < -0.39 is 0 Å². The first-order valence-corrected chi connectivity index (χ1v) is 6.83. The quantitative estimate of drug-likeness (QED) is 0.912. The van der Waals surface area contributed by atoms with Crippen LogP contribution in [0, 0.1) is 11.2 Å². The van der Waals surface area contributed by atoms with Gasteiger partial charge in [0, 0.05) is 24.7 Å². The molecule has 1 aromatic heterocycles. The molecule has 0 bridgehead atoms. The molecule has 3 nitrogen and oxygen atoms in total. The highest BCUT2D eigenvalue weighted by Gasteiger charge is 2.18. The van der Waals surface area contributed by atoms with Gasteiger partial charge in [0.1, 0.15) is 5.82 Å². The molecule has 0 amide bonds. The number of pyridine rings is 1. The highest BCUT2D eigenvalue weighted by Crippen LogP contribution is 2.21. The number of benzene rings is 1. The lowest BCUT2D eigenvalue weighted by molar-refractivity contribution is 0.210. The van der Waals surface area contributed by atoms with Crippen molar-refractivity contribution in [2.45, 2.75) is 20.4 Å². The van der Waals surface area contributed by atoms with Gasteiger partial charge >= 0.3 is 0 Å². The average Bonchev–Trinajstić information content (AvgIpc) is 2.37. The number of nitrogens with zero attached hydrogens (tertiary/aromatic N) is 2. The molecule has 0 aliphatic carbocycles. The van der Waals surface area contributed by atoms with Gasteiger partial charge in [0.25, 0.3) is 0 Å². The van der Waals surface area contributed by atoms with Crippen LogP contribution in [0.25, 0.3) is 10.9 Å². The molecule has 108 valence electrons. The van der Waals surface area contributed by atoms with Crippen molar-refractivity contribution < 1.29 is 4.39 Å². The van der Waals surface area contributed by atoms with E-state index in [1.807, 2.05) is 19.2 Å². The van der Waals surface area contributed by atoms with Crippen molar-refractivity contribution in [2.24, 2.45) is 11.1 Å². The van der Waals surface area contributed by atoms with E-state index in [0.717, 1.165) is 23.0 Å². The van der Waals surface area contributed by atoms with Crippen molar-refractivity contribution >= 4 is 10.9 Å². The Kier molecular flexibility index (Phi) is 4.35. The van der Waals surface area contributed by atoms with Crippen molar-refractivity contribution in [1.82, 2.24) is 9.88 Å². The monoisotopic (exact) mass is 275 g/mol. The van der Waals surface area contributed by atoms with Crippen LogP contribution >= 0.6 is 0 Å². The molecule has 0 saturated heterocycles. The lowest BCUT2D eigenvalue weighted by atomic mass is 9.93.